The molecular weight excluding hydrogens is 468 g/mol. The van der Waals surface area contributed by atoms with Crippen molar-refractivity contribution < 1.29 is 23.9 Å². The van der Waals surface area contributed by atoms with Gasteiger partial charge in [0.1, 0.15) is 0 Å². The fourth-order valence-electron chi connectivity index (χ4n) is 2.65. The van der Waals surface area contributed by atoms with E-state index in [-0.39, 0.29) is 36.9 Å². The van der Waals surface area contributed by atoms with Crippen LogP contribution in [0.2, 0.25) is 0 Å². The number of nitrogens with one attached hydrogen (secondary N) is 1. The number of carbonyl (C=O) groups is 3. The van der Waals surface area contributed by atoms with Gasteiger partial charge in [-0.1, -0.05) is 6.07 Å². The highest BCUT2D eigenvalue weighted by Crippen LogP contribution is 2.36. The van der Waals surface area contributed by atoms with Crippen LogP contribution in [0.5, 0.6) is 11.5 Å². The number of thiophene rings is 1. The quantitative estimate of drug-likeness (QED) is 0.656. The summed E-state index contributed by atoms with van der Waals surface area (Å²) in [6.45, 7) is 0.467. The van der Waals surface area contributed by atoms with Crippen molar-refractivity contribution in [2.75, 3.05) is 19.9 Å². The number of ether oxygens (including phenoxy) is 2. The maximum absolute atomic E-state index is 12.5. The minimum absolute atomic E-state index is 0.113. The molecule has 0 saturated carbocycles. The van der Waals surface area contributed by atoms with E-state index in [1.165, 1.54) is 11.3 Å². The van der Waals surface area contributed by atoms with E-state index < -0.39 is 0 Å². The standard InChI is InChI=1S/C18H13BrN2O5S2/c19-15-4-3-13(27-15)16(22)20-5-6-21-17(23)14(28-18(21)24)8-10-1-2-11-12(7-10)26-9-25-11/h1-4,7-8H,5-6,9H2,(H,20,22)/b14-8-. The average molecular weight is 481 g/mol. The smallest absolute Gasteiger partial charge is 0.293 e. The molecule has 1 N–H and O–H groups in total. The predicted octanol–water partition coefficient (Wildman–Crippen LogP) is 3.71. The second-order valence-electron chi connectivity index (χ2n) is 5.81. The Morgan fingerprint density at radius 2 is 2.04 bits per heavy atom. The molecule has 10 heteroatoms. The lowest BCUT2D eigenvalue weighted by molar-refractivity contribution is -0.122. The van der Waals surface area contributed by atoms with Crippen LogP contribution in [-0.4, -0.2) is 41.8 Å². The number of hydrogen-bond acceptors (Lipinski definition) is 7. The highest BCUT2D eigenvalue weighted by Gasteiger charge is 2.34. The van der Waals surface area contributed by atoms with Gasteiger partial charge < -0.3 is 14.8 Å². The van der Waals surface area contributed by atoms with Gasteiger partial charge in [0.05, 0.1) is 13.6 Å². The highest BCUT2D eigenvalue weighted by molar-refractivity contribution is 9.11. The fourth-order valence-corrected chi connectivity index (χ4v) is 4.82. The number of fused-ring (bicyclic) bond motifs is 1. The Kier molecular flexibility index (Phi) is 5.42. The SMILES string of the molecule is O=C(NCCN1C(=O)S/C(=C\c2ccc3c(c2)OCO3)C1=O)c1ccc(Br)s1. The van der Waals surface area contributed by atoms with Gasteiger partial charge in [-0.15, -0.1) is 11.3 Å². The summed E-state index contributed by atoms with van der Waals surface area (Å²) in [6.07, 6.45) is 1.65. The van der Waals surface area contributed by atoms with Crippen molar-refractivity contribution in [1.82, 2.24) is 10.2 Å². The minimum Gasteiger partial charge on any atom is -0.454 e. The van der Waals surface area contributed by atoms with E-state index in [1.807, 2.05) is 0 Å². The Morgan fingerprint density at radius 3 is 2.82 bits per heavy atom. The molecule has 3 heterocycles. The second kappa shape index (κ2) is 7.98. The van der Waals surface area contributed by atoms with E-state index in [1.54, 1.807) is 36.4 Å². The van der Waals surface area contributed by atoms with E-state index in [0.29, 0.717) is 21.3 Å². The maximum Gasteiger partial charge on any atom is 0.293 e. The van der Waals surface area contributed by atoms with E-state index >= 15 is 0 Å². The zero-order valence-corrected chi connectivity index (χ0v) is 17.5. The topological polar surface area (TPSA) is 84.9 Å². The number of carbonyl (C=O) groups excluding carboxylic acids is 3. The van der Waals surface area contributed by atoms with Crippen molar-refractivity contribution in [3.8, 4) is 11.5 Å². The van der Waals surface area contributed by atoms with Crippen LogP contribution in [0.15, 0.2) is 39.0 Å². The van der Waals surface area contributed by atoms with Crippen LogP contribution >= 0.6 is 39.0 Å². The van der Waals surface area contributed by atoms with Gasteiger partial charge in [0.15, 0.2) is 11.5 Å². The molecule has 4 rings (SSSR count). The van der Waals surface area contributed by atoms with Crippen LogP contribution in [0.3, 0.4) is 0 Å². The summed E-state index contributed by atoms with van der Waals surface area (Å²) in [5.74, 6) is 0.647. The van der Waals surface area contributed by atoms with Crippen molar-refractivity contribution in [2.45, 2.75) is 0 Å². The summed E-state index contributed by atoms with van der Waals surface area (Å²) in [7, 11) is 0. The summed E-state index contributed by atoms with van der Waals surface area (Å²) in [5, 5.41) is 2.36. The Labute approximate surface area is 176 Å². The third-order valence-corrected chi connectivity index (χ3v) is 6.52. The fraction of sp³-hybridized carbons (Fsp3) is 0.167. The first-order chi connectivity index (χ1) is 13.5. The van der Waals surface area contributed by atoms with Gasteiger partial charge in [-0.25, -0.2) is 0 Å². The third-order valence-electron chi connectivity index (χ3n) is 3.99. The molecule has 0 atom stereocenters. The van der Waals surface area contributed by atoms with Gasteiger partial charge in [-0.05, 0) is 63.6 Å². The zero-order chi connectivity index (χ0) is 19.7. The van der Waals surface area contributed by atoms with E-state index in [2.05, 4.69) is 21.2 Å². The molecule has 7 nitrogen and oxygen atoms in total. The van der Waals surface area contributed by atoms with E-state index in [4.69, 9.17) is 9.47 Å². The van der Waals surface area contributed by atoms with Crippen LogP contribution in [-0.2, 0) is 4.79 Å². The normalized spacial score (nSPS) is 16.9. The largest absolute Gasteiger partial charge is 0.454 e. The lowest BCUT2D eigenvalue weighted by Gasteiger charge is -2.12. The molecule has 2 aliphatic rings. The highest BCUT2D eigenvalue weighted by atomic mass is 79.9. The van der Waals surface area contributed by atoms with E-state index in [9.17, 15) is 14.4 Å². The molecule has 0 radical (unpaired) electrons. The number of hydrogen-bond donors (Lipinski definition) is 1. The van der Waals surface area contributed by atoms with Crippen molar-refractivity contribution in [2.24, 2.45) is 0 Å². The van der Waals surface area contributed by atoms with Crippen LogP contribution in [0.1, 0.15) is 15.2 Å². The number of benzene rings is 1. The van der Waals surface area contributed by atoms with Crippen molar-refractivity contribution >= 4 is 62.2 Å². The van der Waals surface area contributed by atoms with Gasteiger partial charge in [0, 0.05) is 13.1 Å². The Morgan fingerprint density at radius 1 is 1.21 bits per heavy atom. The number of thioether (sulfide) groups is 1. The molecule has 0 bridgehead atoms. The second-order valence-corrected chi connectivity index (χ2v) is 9.26. The third kappa shape index (κ3) is 3.94. The molecule has 28 heavy (non-hydrogen) atoms. The van der Waals surface area contributed by atoms with Crippen LogP contribution in [0, 0.1) is 0 Å². The number of rotatable bonds is 5. The summed E-state index contributed by atoms with van der Waals surface area (Å²) >= 11 is 5.50. The van der Waals surface area contributed by atoms with Crippen LogP contribution < -0.4 is 14.8 Å². The first-order valence-electron chi connectivity index (χ1n) is 8.20. The molecule has 1 aromatic carbocycles. The predicted molar refractivity (Wildman–Crippen MR) is 110 cm³/mol. The average Bonchev–Trinajstić information content (AvgIpc) is 3.37. The molecule has 1 fully saturated rings. The van der Waals surface area contributed by atoms with Crippen molar-refractivity contribution in [3.05, 3.63) is 49.5 Å². The lowest BCUT2D eigenvalue weighted by Crippen LogP contribution is -2.37. The first-order valence-corrected chi connectivity index (χ1v) is 10.6. The zero-order valence-electron chi connectivity index (χ0n) is 14.3. The van der Waals surface area contributed by atoms with E-state index in [0.717, 1.165) is 26.0 Å². The molecule has 0 spiro atoms. The molecular formula is C18H13BrN2O5S2. The lowest BCUT2D eigenvalue weighted by atomic mass is 10.2. The molecule has 3 amide bonds. The summed E-state index contributed by atoms with van der Waals surface area (Å²) in [5.41, 5.74) is 0.742. The van der Waals surface area contributed by atoms with Gasteiger partial charge in [0.25, 0.3) is 17.1 Å². The molecule has 1 aromatic heterocycles. The summed E-state index contributed by atoms with van der Waals surface area (Å²) in [4.78, 5) is 38.8. The number of imide groups is 1. The number of amides is 3. The van der Waals surface area contributed by atoms with Crippen LogP contribution in [0.4, 0.5) is 4.79 Å². The van der Waals surface area contributed by atoms with Crippen LogP contribution in [0.25, 0.3) is 6.08 Å². The van der Waals surface area contributed by atoms with Gasteiger partial charge >= 0.3 is 0 Å². The first kappa shape index (κ1) is 19.0. The minimum atomic E-state index is -0.374. The number of nitrogens with zero attached hydrogens (tertiary/aromatic N) is 1. The molecule has 1 saturated heterocycles. The monoisotopic (exact) mass is 480 g/mol. The Balaban J connectivity index is 1.38. The molecule has 0 unspecified atom stereocenters. The van der Waals surface area contributed by atoms with Crippen molar-refractivity contribution in [3.63, 3.8) is 0 Å². The van der Waals surface area contributed by atoms with Gasteiger partial charge in [-0.2, -0.15) is 0 Å². The maximum atomic E-state index is 12.5. The molecule has 2 aliphatic heterocycles. The van der Waals surface area contributed by atoms with Crippen molar-refractivity contribution in [1.29, 1.82) is 0 Å². The molecule has 144 valence electrons. The molecule has 2 aromatic rings. The summed E-state index contributed by atoms with van der Waals surface area (Å²) in [6, 6.07) is 8.81. The Hall–Kier alpha value is -2.30. The molecule has 0 aliphatic carbocycles. The summed E-state index contributed by atoms with van der Waals surface area (Å²) < 4.78 is 11.4. The van der Waals surface area contributed by atoms with Gasteiger partial charge in [0.2, 0.25) is 6.79 Å². The Bertz CT molecular complexity index is 1000. The van der Waals surface area contributed by atoms with Gasteiger partial charge in [-0.3, -0.25) is 19.3 Å². The number of halogens is 1.